The molecule has 0 spiro atoms. The van der Waals surface area contributed by atoms with Gasteiger partial charge in [-0.1, -0.05) is 50.2 Å². The highest BCUT2D eigenvalue weighted by Crippen LogP contribution is 2.36. The van der Waals surface area contributed by atoms with Crippen LogP contribution >= 0.6 is 0 Å². The first kappa shape index (κ1) is 33.8. The molecule has 48 heavy (non-hydrogen) atoms. The Labute approximate surface area is 278 Å². The van der Waals surface area contributed by atoms with E-state index in [4.69, 9.17) is 9.47 Å². The molecule has 3 aromatic rings. The molecule has 1 fully saturated rings. The second-order valence-corrected chi connectivity index (χ2v) is 12.7. The van der Waals surface area contributed by atoms with Crippen LogP contribution in [0.2, 0.25) is 0 Å². The molecule has 4 N–H and O–H groups in total. The van der Waals surface area contributed by atoms with Crippen molar-refractivity contribution in [1.29, 1.82) is 0 Å². The van der Waals surface area contributed by atoms with E-state index in [0.29, 0.717) is 34.0 Å². The normalized spacial score (nSPS) is 16.1. The number of carbonyl (C=O) groups excluding carboxylic acids is 4. The van der Waals surface area contributed by atoms with Crippen LogP contribution in [0.5, 0.6) is 11.5 Å². The zero-order chi connectivity index (χ0) is 34.6. The second-order valence-electron chi connectivity index (χ2n) is 12.7. The van der Waals surface area contributed by atoms with E-state index in [2.05, 4.69) is 16.0 Å². The molecule has 1 saturated heterocycles. The predicted octanol–water partition coefficient (Wildman–Crippen LogP) is 5.35. The molecule has 3 aromatic carbocycles. The molecular weight excluding hydrogens is 618 g/mol. The Bertz CT molecular complexity index is 1690. The third-order valence-electron chi connectivity index (χ3n) is 8.24. The predicted molar refractivity (Wildman–Crippen MR) is 176 cm³/mol. The fraction of sp³-hybridized carbons (Fsp3) is 0.343. The number of nitrogens with one attached hydrogen (secondary N) is 3. The minimum absolute atomic E-state index is 0.0314. The summed E-state index contributed by atoms with van der Waals surface area (Å²) >= 11 is 0. The van der Waals surface area contributed by atoms with Crippen molar-refractivity contribution in [3.05, 3.63) is 83.9 Å². The van der Waals surface area contributed by atoms with Gasteiger partial charge in [0.05, 0.1) is 12.5 Å². The van der Waals surface area contributed by atoms with E-state index in [1.807, 2.05) is 32.0 Å². The molecule has 13 heteroatoms. The number of nitrogens with zero attached hydrogens (tertiary/aromatic N) is 2. The van der Waals surface area contributed by atoms with Crippen LogP contribution < -0.4 is 25.4 Å². The number of carboxylic acid groups (broad SMARTS) is 1. The molecule has 2 aliphatic heterocycles. The van der Waals surface area contributed by atoms with Gasteiger partial charge in [0, 0.05) is 17.9 Å². The molecule has 2 heterocycles. The van der Waals surface area contributed by atoms with Crippen molar-refractivity contribution in [3.8, 4) is 11.5 Å². The van der Waals surface area contributed by atoms with E-state index < -0.39 is 53.9 Å². The van der Waals surface area contributed by atoms with E-state index in [9.17, 15) is 29.1 Å². The van der Waals surface area contributed by atoms with Gasteiger partial charge in [0.25, 0.3) is 5.91 Å². The molecule has 6 amide bonds. The fourth-order valence-corrected chi connectivity index (χ4v) is 5.70. The van der Waals surface area contributed by atoms with Crippen molar-refractivity contribution in [1.82, 2.24) is 15.1 Å². The maximum Gasteiger partial charge on any atom is 0.328 e. The first-order chi connectivity index (χ1) is 22.8. The van der Waals surface area contributed by atoms with Gasteiger partial charge in [-0.15, -0.1) is 0 Å². The summed E-state index contributed by atoms with van der Waals surface area (Å²) in [6, 6.07) is 17.6. The molecular formula is C35H39N5O8. The van der Waals surface area contributed by atoms with Crippen LogP contribution in [-0.4, -0.2) is 63.1 Å². The Kier molecular flexibility index (Phi) is 9.87. The molecule has 0 aliphatic carbocycles. The van der Waals surface area contributed by atoms with Crippen LogP contribution in [0.15, 0.2) is 72.8 Å². The molecule has 0 aromatic heterocycles. The van der Waals surface area contributed by atoms with Gasteiger partial charge < -0.3 is 35.4 Å². The number of fused-ring (bicyclic) bond motifs is 1. The number of hydrogen-bond acceptors (Lipinski definition) is 7. The Morgan fingerprint density at radius 1 is 0.896 bits per heavy atom. The number of benzene rings is 3. The Morgan fingerprint density at radius 3 is 2.19 bits per heavy atom. The molecule has 0 unspecified atom stereocenters. The lowest BCUT2D eigenvalue weighted by Gasteiger charge is -2.29. The highest BCUT2D eigenvalue weighted by Gasteiger charge is 2.54. The van der Waals surface area contributed by atoms with E-state index in [1.54, 1.807) is 68.4 Å². The topological polar surface area (TPSA) is 167 Å². The molecule has 13 nitrogen and oxygen atoms in total. The van der Waals surface area contributed by atoms with Crippen LogP contribution in [0.1, 0.15) is 57.7 Å². The zero-order valence-electron chi connectivity index (χ0n) is 27.2. The maximum absolute atomic E-state index is 14.0. The average molecular weight is 658 g/mol. The van der Waals surface area contributed by atoms with Gasteiger partial charge in [-0.2, -0.15) is 0 Å². The van der Waals surface area contributed by atoms with Crippen LogP contribution in [0.4, 0.5) is 21.0 Å². The Hall–Kier alpha value is -5.59. The van der Waals surface area contributed by atoms with E-state index in [0.717, 1.165) is 4.90 Å². The lowest BCUT2D eigenvalue weighted by molar-refractivity contribution is -0.140. The highest BCUT2D eigenvalue weighted by atomic mass is 16.7. The van der Waals surface area contributed by atoms with Gasteiger partial charge in [-0.3, -0.25) is 14.4 Å². The van der Waals surface area contributed by atoms with Crippen molar-refractivity contribution >= 4 is 41.2 Å². The number of urea groups is 2. The summed E-state index contributed by atoms with van der Waals surface area (Å²) in [5.74, 6) is -1.47. The van der Waals surface area contributed by atoms with Crippen molar-refractivity contribution in [2.24, 2.45) is 5.92 Å². The highest BCUT2D eigenvalue weighted by molar-refractivity contribution is 6.09. The van der Waals surface area contributed by atoms with Crippen molar-refractivity contribution in [2.45, 2.75) is 64.7 Å². The van der Waals surface area contributed by atoms with E-state index >= 15 is 0 Å². The number of hydrogen-bond donors (Lipinski definition) is 4. The van der Waals surface area contributed by atoms with Gasteiger partial charge in [0.2, 0.25) is 12.7 Å². The number of ether oxygens (including phenoxy) is 2. The molecule has 0 saturated carbocycles. The van der Waals surface area contributed by atoms with Crippen molar-refractivity contribution in [3.63, 3.8) is 0 Å². The summed E-state index contributed by atoms with van der Waals surface area (Å²) in [5, 5.41) is 17.9. The van der Waals surface area contributed by atoms with Crippen LogP contribution in [0, 0.1) is 5.92 Å². The van der Waals surface area contributed by atoms with Gasteiger partial charge in [-0.05, 0) is 73.7 Å². The van der Waals surface area contributed by atoms with Gasteiger partial charge in [0.1, 0.15) is 11.6 Å². The summed E-state index contributed by atoms with van der Waals surface area (Å²) in [6.07, 6.45) is -0.266. The molecule has 252 valence electrons. The lowest BCUT2D eigenvalue weighted by atomic mass is 9.97. The molecule has 2 atom stereocenters. The SMILES string of the molecule is CC(C)C[C@@H](C(=O)N[C@@H](CC(=O)O)c1ccc2c(c1)OCO2)N1C(=O)N(Cc2ccc(NC(=O)Nc3ccccc3)cc2)C(C)(C)C1=O. The van der Waals surface area contributed by atoms with Crippen LogP contribution in [0.3, 0.4) is 0 Å². The maximum atomic E-state index is 14.0. The van der Waals surface area contributed by atoms with E-state index in [1.165, 1.54) is 4.90 Å². The third kappa shape index (κ3) is 7.51. The number of imide groups is 1. The third-order valence-corrected chi connectivity index (χ3v) is 8.24. The first-order valence-corrected chi connectivity index (χ1v) is 15.6. The summed E-state index contributed by atoms with van der Waals surface area (Å²) in [4.78, 5) is 68.3. The molecule has 5 rings (SSSR count). The van der Waals surface area contributed by atoms with Crippen molar-refractivity contribution in [2.75, 3.05) is 17.4 Å². The minimum atomic E-state index is -1.28. The number of anilines is 2. The summed E-state index contributed by atoms with van der Waals surface area (Å²) in [6.45, 7) is 7.10. The molecule has 0 radical (unpaired) electrons. The van der Waals surface area contributed by atoms with Crippen LogP contribution in [0.25, 0.3) is 0 Å². The van der Waals surface area contributed by atoms with Crippen LogP contribution in [-0.2, 0) is 20.9 Å². The average Bonchev–Trinajstić information content (AvgIpc) is 3.57. The number of amides is 6. The second kappa shape index (κ2) is 14.0. The Balaban J connectivity index is 1.31. The number of para-hydroxylation sites is 1. The summed E-state index contributed by atoms with van der Waals surface area (Å²) in [5.41, 5.74) is 1.08. The number of rotatable bonds is 12. The molecule has 2 aliphatic rings. The quantitative estimate of drug-likeness (QED) is 0.189. The minimum Gasteiger partial charge on any atom is -0.481 e. The Morgan fingerprint density at radius 2 is 1.54 bits per heavy atom. The van der Waals surface area contributed by atoms with Gasteiger partial charge in [0.15, 0.2) is 11.5 Å². The largest absolute Gasteiger partial charge is 0.481 e. The first-order valence-electron chi connectivity index (χ1n) is 15.6. The smallest absolute Gasteiger partial charge is 0.328 e. The number of aliphatic carboxylic acids is 1. The van der Waals surface area contributed by atoms with E-state index in [-0.39, 0.29) is 25.7 Å². The van der Waals surface area contributed by atoms with Gasteiger partial charge >= 0.3 is 18.0 Å². The van der Waals surface area contributed by atoms with Crippen molar-refractivity contribution < 1.29 is 38.6 Å². The number of carboxylic acids is 1. The standard InChI is InChI=1S/C35H39N5O8/c1-21(2)16-27(31(43)38-26(18-30(41)42)23-12-15-28-29(17-23)48-20-47-28)40-32(44)35(3,4)39(34(40)46)19-22-10-13-25(14-11-22)37-33(45)36-24-8-6-5-7-9-24/h5-15,17,21,26-27H,16,18-20H2,1-4H3,(H,38,43)(H,41,42)(H2,36,37,45)/t26-,27-/m0/s1. The monoisotopic (exact) mass is 657 g/mol. The lowest BCUT2D eigenvalue weighted by Crippen LogP contribution is -2.52. The summed E-state index contributed by atoms with van der Waals surface area (Å²) < 4.78 is 10.8. The van der Waals surface area contributed by atoms with Gasteiger partial charge in [-0.25, -0.2) is 14.5 Å². The zero-order valence-corrected chi connectivity index (χ0v) is 27.2. The number of carbonyl (C=O) groups is 5. The molecule has 0 bridgehead atoms. The summed E-state index contributed by atoms with van der Waals surface area (Å²) in [7, 11) is 0. The fourth-order valence-electron chi connectivity index (χ4n) is 5.70.